The Bertz CT molecular complexity index is 761. The van der Waals surface area contributed by atoms with Crippen LogP contribution in [-0.4, -0.2) is 12.2 Å². The van der Waals surface area contributed by atoms with E-state index < -0.39 is 5.91 Å². The molecule has 2 N–H and O–H groups in total. The minimum atomic E-state index is -0.440. The number of rotatable bonds is 5. The SMILES string of the molecule is CSc1cccc(N/C=C(/C#N)C(=O)Nc2ccc(C)cc2)c1. The molecule has 2 rings (SSSR count). The molecule has 5 heteroatoms. The monoisotopic (exact) mass is 323 g/mol. The van der Waals surface area contributed by atoms with Gasteiger partial charge in [-0.25, -0.2) is 0 Å². The van der Waals surface area contributed by atoms with Crippen LogP contribution in [-0.2, 0) is 4.79 Å². The molecule has 1 amide bonds. The van der Waals surface area contributed by atoms with Gasteiger partial charge in [-0.2, -0.15) is 5.26 Å². The van der Waals surface area contributed by atoms with E-state index in [9.17, 15) is 10.1 Å². The van der Waals surface area contributed by atoms with Crippen LogP contribution in [0.1, 0.15) is 5.56 Å². The Kier molecular flexibility index (Phi) is 5.84. The van der Waals surface area contributed by atoms with Crippen molar-refractivity contribution in [2.75, 3.05) is 16.9 Å². The second kappa shape index (κ2) is 8.06. The van der Waals surface area contributed by atoms with E-state index in [-0.39, 0.29) is 5.57 Å². The molecule has 0 spiro atoms. The average molecular weight is 323 g/mol. The summed E-state index contributed by atoms with van der Waals surface area (Å²) in [5.74, 6) is -0.440. The maximum atomic E-state index is 12.1. The van der Waals surface area contributed by atoms with Crippen LogP contribution in [0.4, 0.5) is 11.4 Å². The Morgan fingerprint density at radius 2 is 1.91 bits per heavy atom. The lowest BCUT2D eigenvalue weighted by atomic mass is 10.2. The number of aryl methyl sites for hydroxylation is 1. The molecule has 0 fully saturated rings. The zero-order valence-corrected chi connectivity index (χ0v) is 13.8. The molecule has 0 atom stereocenters. The predicted octanol–water partition coefficient (Wildman–Crippen LogP) is 4.18. The summed E-state index contributed by atoms with van der Waals surface area (Å²) in [4.78, 5) is 13.2. The maximum Gasteiger partial charge on any atom is 0.267 e. The normalized spacial score (nSPS) is 10.7. The van der Waals surface area contributed by atoms with Crippen molar-refractivity contribution in [3.63, 3.8) is 0 Å². The lowest BCUT2D eigenvalue weighted by molar-refractivity contribution is -0.112. The molecule has 0 aliphatic carbocycles. The van der Waals surface area contributed by atoms with Gasteiger partial charge in [0.1, 0.15) is 11.6 Å². The molecule has 0 bridgehead atoms. The van der Waals surface area contributed by atoms with Crippen LogP contribution in [0.25, 0.3) is 0 Å². The summed E-state index contributed by atoms with van der Waals surface area (Å²) in [7, 11) is 0. The quantitative estimate of drug-likeness (QED) is 0.492. The second-order valence-electron chi connectivity index (χ2n) is 4.87. The summed E-state index contributed by atoms with van der Waals surface area (Å²) in [6.45, 7) is 1.97. The van der Waals surface area contributed by atoms with Gasteiger partial charge < -0.3 is 10.6 Å². The van der Waals surface area contributed by atoms with Crippen molar-refractivity contribution < 1.29 is 4.79 Å². The van der Waals surface area contributed by atoms with Gasteiger partial charge in [0.15, 0.2) is 0 Å². The van der Waals surface area contributed by atoms with Crippen molar-refractivity contribution >= 4 is 29.0 Å². The molecule has 0 saturated carbocycles. The third-order valence-electron chi connectivity index (χ3n) is 3.13. The summed E-state index contributed by atoms with van der Waals surface area (Å²) in [5.41, 5.74) is 2.60. The summed E-state index contributed by atoms with van der Waals surface area (Å²) < 4.78 is 0. The van der Waals surface area contributed by atoms with E-state index in [1.54, 1.807) is 23.9 Å². The van der Waals surface area contributed by atoms with E-state index in [0.29, 0.717) is 5.69 Å². The number of thioether (sulfide) groups is 1. The Hall–Kier alpha value is -2.71. The molecule has 0 saturated heterocycles. The lowest BCUT2D eigenvalue weighted by Crippen LogP contribution is -2.14. The zero-order valence-electron chi connectivity index (χ0n) is 13.0. The minimum absolute atomic E-state index is 0.0140. The highest BCUT2D eigenvalue weighted by Gasteiger charge is 2.09. The third kappa shape index (κ3) is 4.90. The number of nitriles is 1. The van der Waals surface area contributed by atoms with Gasteiger partial charge in [0.25, 0.3) is 5.91 Å². The fourth-order valence-corrected chi connectivity index (χ4v) is 2.31. The highest BCUT2D eigenvalue weighted by Crippen LogP contribution is 2.19. The van der Waals surface area contributed by atoms with Crippen LogP contribution in [0.3, 0.4) is 0 Å². The van der Waals surface area contributed by atoms with Gasteiger partial charge in [-0.05, 0) is 43.5 Å². The molecule has 0 aliphatic rings. The number of hydrogen-bond donors (Lipinski definition) is 2. The Balaban J connectivity index is 2.07. The average Bonchev–Trinajstić information content (AvgIpc) is 2.57. The number of nitrogens with zero attached hydrogens (tertiary/aromatic N) is 1. The summed E-state index contributed by atoms with van der Waals surface area (Å²) >= 11 is 1.63. The van der Waals surface area contributed by atoms with Gasteiger partial charge in [0.05, 0.1) is 0 Å². The fraction of sp³-hybridized carbons (Fsp3) is 0.111. The number of amides is 1. The smallest absolute Gasteiger partial charge is 0.267 e. The number of carbonyl (C=O) groups is 1. The molecule has 2 aromatic rings. The van der Waals surface area contributed by atoms with Gasteiger partial charge in [0, 0.05) is 22.5 Å². The van der Waals surface area contributed by atoms with Crippen molar-refractivity contribution in [2.24, 2.45) is 0 Å². The third-order valence-corrected chi connectivity index (χ3v) is 3.85. The van der Waals surface area contributed by atoms with Crippen LogP contribution in [0.2, 0.25) is 0 Å². The summed E-state index contributed by atoms with van der Waals surface area (Å²) in [6.07, 6.45) is 3.41. The number of carbonyl (C=O) groups excluding carboxylic acids is 1. The first-order valence-corrected chi connectivity index (χ1v) is 8.23. The Morgan fingerprint density at radius 3 is 2.57 bits per heavy atom. The van der Waals surface area contributed by atoms with Crippen molar-refractivity contribution in [2.45, 2.75) is 11.8 Å². The van der Waals surface area contributed by atoms with Gasteiger partial charge >= 0.3 is 0 Å². The molecule has 2 aromatic carbocycles. The van der Waals surface area contributed by atoms with E-state index >= 15 is 0 Å². The van der Waals surface area contributed by atoms with E-state index in [1.165, 1.54) is 6.20 Å². The molecular weight excluding hydrogens is 306 g/mol. The number of nitrogens with one attached hydrogen (secondary N) is 2. The van der Waals surface area contributed by atoms with Crippen LogP contribution in [0.15, 0.2) is 65.2 Å². The topological polar surface area (TPSA) is 64.9 Å². The second-order valence-corrected chi connectivity index (χ2v) is 5.75. The number of benzene rings is 2. The number of hydrogen-bond acceptors (Lipinski definition) is 4. The fourth-order valence-electron chi connectivity index (χ4n) is 1.85. The Labute approximate surface area is 140 Å². The summed E-state index contributed by atoms with van der Waals surface area (Å²) in [5, 5.41) is 14.9. The van der Waals surface area contributed by atoms with Gasteiger partial charge in [-0.15, -0.1) is 11.8 Å². The molecular formula is C18H17N3OS. The highest BCUT2D eigenvalue weighted by atomic mass is 32.2. The predicted molar refractivity (Wildman–Crippen MR) is 95.4 cm³/mol. The molecule has 0 aromatic heterocycles. The van der Waals surface area contributed by atoms with E-state index in [0.717, 1.165) is 16.1 Å². The van der Waals surface area contributed by atoms with E-state index in [1.807, 2.05) is 55.6 Å². The lowest BCUT2D eigenvalue weighted by Gasteiger charge is -2.06. The zero-order chi connectivity index (χ0) is 16.7. The van der Waals surface area contributed by atoms with Crippen LogP contribution in [0.5, 0.6) is 0 Å². The Morgan fingerprint density at radius 1 is 1.17 bits per heavy atom. The van der Waals surface area contributed by atoms with Crippen LogP contribution >= 0.6 is 11.8 Å². The first-order chi connectivity index (χ1) is 11.1. The van der Waals surface area contributed by atoms with Crippen LogP contribution < -0.4 is 10.6 Å². The molecule has 0 radical (unpaired) electrons. The van der Waals surface area contributed by atoms with Crippen molar-refractivity contribution in [3.8, 4) is 6.07 Å². The molecule has 4 nitrogen and oxygen atoms in total. The summed E-state index contributed by atoms with van der Waals surface area (Å²) in [6, 6.07) is 17.1. The first-order valence-electron chi connectivity index (χ1n) is 7.01. The van der Waals surface area contributed by atoms with Crippen molar-refractivity contribution in [1.82, 2.24) is 0 Å². The van der Waals surface area contributed by atoms with E-state index in [4.69, 9.17) is 0 Å². The highest BCUT2D eigenvalue weighted by molar-refractivity contribution is 7.98. The molecule has 0 unspecified atom stereocenters. The number of anilines is 2. The van der Waals surface area contributed by atoms with Crippen molar-refractivity contribution in [3.05, 3.63) is 65.9 Å². The van der Waals surface area contributed by atoms with Crippen LogP contribution in [0, 0.1) is 18.3 Å². The standard InChI is InChI=1S/C18H17N3OS/c1-13-6-8-15(9-7-13)21-18(22)14(11-19)12-20-16-4-3-5-17(10-16)23-2/h3-10,12,20H,1-2H3,(H,21,22)/b14-12-. The molecule has 0 heterocycles. The maximum absolute atomic E-state index is 12.1. The molecule has 0 aliphatic heterocycles. The first kappa shape index (κ1) is 16.7. The van der Waals surface area contributed by atoms with Crippen molar-refractivity contribution in [1.29, 1.82) is 5.26 Å². The largest absolute Gasteiger partial charge is 0.360 e. The van der Waals surface area contributed by atoms with Gasteiger partial charge in [-0.1, -0.05) is 23.8 Å². The minimum Gasteiger partial charge on any atom is -0.360 e. The molecule has 23 heavy (non-hydrogen) atoms. The van der Waals surface area contributed by atoms with Gasteiger partial charge in [0.2, 0.25) is 0 Å². The molecule has 116 valence electrons. The van der Waals surface area contributed by atoms with E-state index in [2.05, 4.69) is 10.6 Å². The van der Waals surface area contributed by atoms with Gasteiger partial charge in [-0.3, -0.25) is 4.79 Å².